The van der Waals surface area contributed by atoms with Gasteiger partial charge < -0.3 is 10.5 Å². The number of ether oxygens (including phenoxy) is 1. The van der Waals surface area contributed by atoms with E-state index in [-0.39, 0.29) is 0 Å². The van der Waals surface area contributed by atoms with Crippen molar-refractivity contribution in [3.05, 3.63) is 28.9 Å². The van der Waals surface area contributed by atoms with Crippen LogP contribution in [0.15, 0.2) is 18.3 Å². The molecule has 0 saturated carbocycles. The topological polar surface area (TPSA) is 53.1 Å². The average Bonchev–Trinajstić information content (AvgIpc) is 2.61. The summed E-state index contributed by atoms with van der Waals surface area (Å²) in [5.74, 6) is 1.25. The van der Waals surface area contributed by atoms with E-state index in [9.17, 15) is 0 Å². The van der Waals surface area contributed by atoms with Gasteiger partial charge in [0.25, 0.3) is 0 Å². The van der Waals surface area contributed by atoms with Gasteiger partial charge in [0, 0.05) is 18.2 Å². The van der Waals surface area contributed by atoms with E-state index in [2.05, 4.69) is 5.10 Å². The van der Waals surface area contributed by atoms with Crippen molar-refractivity contribution in [3.8, 4) is 16.9 Å². The molecule has 17 heavy (non-hydrogen) atoms. The molecule has 1 aromatic heterocycles. The van der Waals surface area contributed by atoms with Crippen LogP contribution in [0, 0.1) is 6.92 Å². The highest BCUT2D eigenvalue weighted by Gasteiger charge is 2.15. The number of methoxy groups -OCH3 is 1. The molecule has 90 valence electrons. The molecule has 0 aliphatic rings. The van der Waals surface area contributed by atoms with Crippen molar-refractivity contribution in [3.63, 3.8) is 0 Å². The Hall–Kier alpha value is -1.68. The Kier molecular flexibility index (Phi) is 2.98. The van der Waals surface area contributed by atoms with Gasteiger partial charge in [-0.15, -0.1) is 0 Å². The van der Waals surface area contributed by atoms with Crippen LogP contribution in [0.5, 0.6) is 5.75 Å². The quantitative estimate of drug-likeness (QED) is 0.893. The third-order valence-corrected chi connectivity index (χ3v) is 3.15. The number of nitrogens with zero attached hydrogens (tertiary/aromatic N) is 2. The molecule has 0 aliphatic carbocycles. The summed E-state index contributed by atoms with van der Waals surface area (Å²) in [6.07, 6.45) is 1.70. The van der Waals surface area contributed by atoms with E-state index in [1.807, 2.05) is 19.1 Å². The van der Waals surface area contributed by atoms with Crippen LogP contribution in [0.3, 0.4) is 0 Å². The first-order valence-corrected chi connectivity index (χ1v) is 5.55. The van der Waals surface area contributed by atoms with Crippen LogP contribution in [-0.4, -0.2) is 16.9 Å². The summed E-state index contributed by atoms with van der Waals surface area (Å²) in [6, 6.07) is 3.88. The van der Waals surface area contributed by atoms with Crippen LogP contribution >= 0.6 is 11.6 Å². The standard InChI is InChI=1S/C12H14ClN3O/c1-7-4-5-8(10(13)11(7)17-3)9-6-15-16(2)12(9)14/h4-6H,14H2,1-3H3. The summed E-state index contributed by atoms with van der Waals surface area (Å²) in [5.41, 5.74) is 8.57. The van der Waals surface area contributed by atoms with Gasteiger partial charge in [0.15, 0.2) is 0 Å². The summed E-state index contributed by atoms with van der Waals surface area (Å²) in [7, 11) is 3.39. The molecular formula is C12H14ClN3O. The third-order valence-electron chi connectivity index (χ3n) is 2.77. The van der Waals surface area contributed by atoms with Gasteiger partial charge in [-0.1, -0.05) is 23.7 Å². The van der Waals surface area contributed by atoms with E-state index >= 15 is 0 Å². The zero-order chi connectivity index (χ0) is 12.6. The molecule has 2 rings (SSSR count). The predicted molar refractivity (Wildman–Crippen MR) is 69.4 cm³/mol. The number of hydrogen-bond acceptors (Lipinski definition) is 3. The lowest BCUT2D eigenvalue weighted by Gasteiger charge is -2.11. The minimum atomic E-state index is 0.562. The number of rotatable bonds is 2. The molecule has 1 heterocycles. The van der Waals surface area contributed by atoms with Gasteiger partial charge in [-0.25, -0.2) is 0 Å². The van der Waals surface area contributed by atoms with E-state index in [0.717, 1.165) is 16.7 Å². The van der Waals surface area contributed by atoms with Crippen molar-refractivity contribution in [2.75, 3.05) is 12.8 Å². The highest BCUT2D eigenvalue weighted by atomic mass is 35.5. The smallest absolute Gasteiger partial charge is 0.140 e. The van der Waals surface area contributed by atoms with Gasteiger partial charge in [0.1, 0.15) is 11.6 Å². The van der Waals surface area contributed by atoms with Gasteiger partial charge >= 0.3 is 0 Å². The maximum Gasteiger partial charge on any atom is 0.140 e. The predicted octanol–water partition coefficient (Wildman–Crippen LogP) is 2.64. The number of halogens is 1. The highest BCUT2D eigenvalue weighted by molar-refractivity contribution is 6.35. The molecule has 0 radical (unpaired) electrons. The second kappa shape index (κ2) is 4.30. The fourth-order valence-electron chi connectivity index (χ4n) is 1.77. The Morgan fingerprint density at radius 3 is 2.59 bits per heavy atom. The number of aryl methyl sites for hydroxylation is 2. The molecule has 0 unspecified atom stereocenters. The fourth-order valence-corrected chi connectivity index (χ4v) is 2.16. The molecule has 0 aliphatic heterocycles. The summed E-state index contributed by atoms with van der Waals surface area (Å²) in [6.45, 7) is 1.95. The minimum Gasteiger partial charge on any atom is -0.495 e. The molecule has 0 amide bonds. The van der Waals surface area contributed by atoms with Crippen LogP contribution in [-0.2, 0) is 7.05 Å². The molecule has 0 spiro atoms. The Morgan fingerprint density at radius 1 is 1.35 bits per heavy atom. The first-order valence-electron chi connectivity index (χ1n) is 5.17. The number of hydrogen-bond donors (Lipinski definition) is 1. The van der Waals surface area contributed by atoms with E-state index in [1.54, 1.807) is 25.0 Å². The normalized spacial score (nSPS) is 10.6. The third kappa shape index (κ3) is 1.85. The van der Waals surface area contributed by atoms with Crippen molar-refractivity contribution in [1.29, 1.82) is 0 Å². The van der Waals surface area contributed by atoms with Crippen molar-refractivity contribution >= 4 is 17.4 Å². The minimum absolute atomic E-state index is 0.562. The van der Waals surface area contributed by atoms with Crippen molar-refractivity contribution in [1.82, 2.24) is 9.78 Å². The van der Waals surface area contributed by atoms with Crippen LogP contribution < -0.4 is 10.5 Å². The van der Waals surface area contributed by atoms with Crippen LogP contribution in [0.2, 0.25) is 5.02 Å². The molecule has 0 saturated heterocycles. The van der Waals surface area contributed by atoms with Crippen molar-refractivity contribution < 1.29 is 4.74 Å². The first-order chi connectivity index (χ1) is 8.06. The second-order valence-corrected chi connectivity index (χ2v) is 4.22. The number of nitrogens with two attached hydrogens (primary N) is 1. The number of anilines is 1. The molecule has 0 bridgehead atoms. The fraction of sp³-hybridized carbons (Fsp3) is 0.250. The van der Waals surface area contributed by atoms with Crippen LogP contribution in [0.25, 0.3) is 11.1 Å². The number of aromatic nitrogens is 2. The Balaban J connectivity index is 2.65. The largest absolute Gasteiger partial charge is 0.495 e. The Labute approximate surface area is 105 Å². The van der Waals surface area contributed by atoms with E-state index in [4.69, 9.17) is 22.1 Å². The molecular weight excluding hydrogens is 238 g/mol. The summed E-state index contributed by atoms with van der Waals surface area (Å²) < 4.78 is 6.89. The molecule has 4 nitrogen and oxygen atoms in total. The maximum atomic E-state index is 6.31. The van der Waals surface area contributed by atoms with E-state index < -0.39 is 0 Å². The van der Waals surface area contributed by atoms with Gasteiger partial charge in [-0.3, -0.25) is 4.68 Å². The first kappa shape index (κ1) is 11.8. The Morgan fingerprint density at radius 2 is 2.06 bits per heavy atom. The molecule has 1 aromatic carbocycles. The van der Waals surface area contributed by atoms with E-state index in [1.165, 1.54) is 0 Å². The molecule has 5 heteroatoms. The summed E-state index contributed by atoms with van der Waals surface area (Å²) in [5, 5.41) is 4.67. The van der Waals surface area contributed by atoms with Gasteiger partial charge in [-0.2, -0.15) is 5.10 Å². The Bertz CT molecular complexity index is 563. The zero-order valence-corrected chi connectivity index (χ0v) is 10.7. The van der Waals surface area contributed by atoms with Crippen molar-refractivity contribution in [2.24, 2.45) is 7.05 Å². The number of nitrogen functional groups attached to an aromatic ring is 1. The lowest BCUT2D eigenvalue weighted by Crippen LogP contribution is -1.98. The lowest BCUT2D eigenvalue weighted by atomic mass is 10.1. The molecule has 0 fully saturated rings. The van der Waals surface area contributed by atoms with Gasteiger partial charge in [0.05, 0.1) is 18.3 Å². The lowest BCUT2D eigenvalue weighted by molar-refractivity contribution is 0.412. The average molecular weight is 252 g/mol. The monoisotopic (exact) mass is 251 g/mol. The summed E-state index contributed by atoms with van der Waals surface area (Å²) in [4.78, 5) is 0. The zero-order valence-electron chi connectivity index (χ0n) is 9.99. The molecule has 0 atom stereocenters. The number of benzene rings is 1. The second-order valence-electron chi connectivity index (χ2n) is 3.84. The SMILES string of the molecule is COc1c(C)ccc(-c2cnn(C)c2N)c1Cl. The molecule has 2 N–H and O–H groups in total. The van der Waals surface area contributed by atoms with Gasteiger partial charge in [-0.05, 0) is 12.5 Å². The molecule has 2 aromatic rings. The highest BCUT2D eigenvalue weighted by Crippen LogP contribution is 2.39. The van der Waals surface area contributed by atoms with Crippen molar-refractivity contribution in [2.45, 2.75) is 6.92 Å². The van der Waals surface area contributed by atoms with Gasteiger partial charge in [0.2, 0.25) is 0 Å². The maximum absolute atomic E-state index is 6.31. The summed E-state index contributed by atoms with van der Waals surface area (Å²) >= 11 is 6.31. The van der Waals surface area contributed by atoms with Crippen LogP contribution in [0.4, 0.5) is 5.82 Å². The van der Waals surface area contributed by atoms with Crippen LogP contribution in [0.1, 0.15) is 5.56 Å². The van der Waals surface area contributed by atoms with E-state index in [0.29, 0.717) is 16.6 Å².